The molecule has 0 atom stereocenters. The minimum atomic E-state index is -4.94. The predicted octanol–water partition coefficient (Wildman–Crippen LogP) is 4.22. The van der Waals surface area contributed by atoms with E-state index in [9.17, 15) is 39.2 Å². The highest BCUT2D eigenvalue weighted by molar-refractivity contribution is 7.89. The molecule has 0 heterocycles. The van der Waals surface area contributed by atoms with Gasteiger partial charge in [-0.2, -0.15) is 13.2 Å². The molecule has 0 unspecified atom stereocenters. The average molecular weight is 417 g/mol. The van der Waals surface area contributed by atoms with Gasteiger partial charge in [-0.25, -0.2) is 17.5 Å². The summed E-state index contributed by atoms with van der Waals surface area (Å²) in [4.78, 5) is -0.413. The molecule has 0 saturated carbocycles. The van der Waals surface area contributed by atoms with Crippen LogP contribution >= 0.6 is 0 Å². The molecule has 0 bridgehead atoms. The van der Waals surface area contributed by atoms with Crippen molar-refractivity contribution < 1.29 is 43.9 Å². The lowest BCUT2D eigenvalue weighted by Crippen LogP contribution is -2.23. The third-order valence-electron chi connectivity index (χ3n) is 3.17. The lowest BCUT2D eigenvalue weighted by atomic mass is 10.1. The number of sulfonamides is 1. The number of alkyl halides is 6. The summed E-state index contributed by atoms with van der Waals surface area (Å²) >= 11 is 0. The quantitative estimate of drug-likeness (QED) is 0.742. The zero-order valence-corrected chi connectivity index (χ0v) is 13.8. The molecule has 2 aromatic rings. The molecular formula is C15H10F7NO3S. The number of hydrogen-bond donors (Lipinski definition) is 1. The normalized spacial score (nSPS) is 12.9. The fraction of sp³-hybridized carbons (Fsp3) is 0.200. The average Bonchev–Trinajstić information content (AvgIpc) is 2.51. The molecule has 0 spiro atoms. The van der Waals surface area contributed by atoms with Crippen LogP contribution in [-0.4, -0.2) is 14.8 Å². The summed E-state index contributed by atoms with van der Waals surface area (Å²) in [5, 5.41) is 0. The highest BCUT2D eigenvalue weighted by Crippen LogP contribution is 2.31. The zero-order valence-electron chi connectivity index (χ0n) is 13.0. The Hall–Kier alpha value is -2.34. The van der Waals surface area contributed by atoms with Crippen molar-refractivity contribution in [1.29, 1.82) is 0 Å². The second-order valence-corrected chi connectivity index (χ2v) is 6.92. The van der Waals surface area contributed by atoms with Crippen LogP contribution in [0.3, 0.4) is 0 Å². The van der Waals surface area contributed by atoms with Crippen LogP contribution in [0.5, 0.6) is 5.75 Å². The summed E-state index contributed by atoms with van der Waals surface area (Å²) in [6.45, 7) is -0.530. The van der Waals surface area contributed by atoms with Crippen LogP contribution in [0.25, 0.3) is 0 Å². The number of hydrogen-bond acceptors (Lipinski definition) is 3. The lowest BCUT2D eigenvalue weighted by Gasteiger charge is -2.11. The van der Waals surface area contributed by atoms with E-state index in [1.165, 1.54) is 0 Å². The second-order valence-electron chi connectivity index (χ2n) is 5.16. The fourth-order valence-corrected chi connectivity index (χ4v) is 3.00. The maximum Gasteiger partial charge on any atom is 0.573 e. The molecule has 27 heavy (non-hydrogen) atoms. The van der Waals surface area contributed by atoms with Gasteiger partial charge in [0.05, 0.1) is 10.5 Å². The molecule has 4 nitrogen and oxygen atoms in total. The van der Waals surface area contributed by atoms with Crippen molar-refractivity contribution in [3.8, 4) is 5.75 Å². The van der Waals surface area contributed by atoms with Crippen molar-refractivity contribution >= 4 is 10.0 Å². The van der Waals surface area contributed by atoms with Crippen molar-refractivity contribution in [3.05, 3.63) is 59.4 Å². The molecule has 2 rings (SSSR count). The first kappa shape index (κ1) is 21.0. The monoisotopic (exact) mass is 417 g/mol. The smallest absolute Gasteiger partial charge is 0.406 e. The molecule has 1 N–H and O–H groups in total. The van der Waals surface area contributed by atoms with Gasteiger partial charge in [-0.1, -0.05) is 6.07 Å². The molecule has 0 amide bonds. The summed E-state index contributed by atoms with van der Waals surface area (Å²) < 4.78 is 117. The van der Waals surface area contributed by atoms with Crippen molar-refractivity contribution in [2.75, 3.05) is 0 Å². The number of benzene rings is 2. The van der Waals surface area contributed by atoms with E-state index in [1.54, 1.807) is 0 Å². The first-order valence-electron chi connectivity index (χ1n) is 6.99. The summed E-state index contributed by atoms with van der Waals surface area (Å²) in [6, 6.07) is 5.15. The van der Waals surface area contributed by atoms with Crippen molar-refractivity contribution in [1.82, 2.24) is 4.72 Å². The van der Waals surface area contributed by atoms with Crippen molar-refractivity contribution in [2.45, 2.75) is 24.0 Å². The van der Waals surface area contributed by atoms with Gasteiger partial charge >= 0.3 is 12.5 Å². The van der Waals surface area contributed by atoms with Crippen LogP contribution in [0.4, 0.5) is 30.7 Å². The topological polar surface area (TPSA) is 55.4 Å². The molecular weight excluding hydrogens is 407 g/mol. The van der Waals surface area contributed by atoms with Crippen LogP contribution in [-0.2, 0) is 22.7 Å². The third-order valence-corrected chi connectivity index (χ3v) is 4.59. The number of rotatable bonds is 5. The Balaban J connectivity index is 2.10. The Kier molecular flexibility index (Phi) is 5.71. The van der Waals surface area contributed by atoms with Gasteiger partial charge in [0.25, 0.3) is 0 Å². The highest BCUT2D eigenvalue weighted by Gasteiger charge is 2.34. The Bertz CT molecular complexity index is 906. The Morgan fingerprint density at radius 3 is 2.00 bits per heavy atom. The van der Waals surface area contributed by atoms with Gasteiger partial charge in [-0.05, 0) is 42.0 Å². The van der Waals surface area contributed by atoms with E-state index in [1.807, 2.05) is 4.72 Å². The van der Waals surface area contributed by atoms with Crippen LogP contribution in [0.1, 0.15) is 11.1 Å². The maximum atomic E-state index is 13.5. The largest absolute Gasteiger partial charge is 0.573 e. The van der Waals surface area contributed by atoms with E-state index in [0.29, 0.717) is 12.1 Å². The fourth-order valence-electron chi connectivity index (χ4n) is 1.98. The van der Waals surface area contributed by atoms with E-state index in [0.717, 1.165) is 30.3 Å². The standard InChI is InChI=1S/C15H10F7NO3S/c16-13-7-9(1-6-12(13)14(17,18)19)8-23-27(24,25)11-4-2-10(3-5-11)26-15(20,21)22/h1-7,23H,8H2. The summed E-state index contributed by atoms with van der Waals surface area (Å²) in [5.74, 6) is -2.20. The third kappa shape index (κ3) is 5.82. The first-order valence-corrected chi connectivity index (χ1v) is 8.47. The van der Waals surface area contributed by atoms with E-state index in [2.05, 4.69) is 4.74 Å². The van der Waals surface area contributed by atoms with E-state index in [4.69, 9.17) is 0 Å². The minimum absolute atomic E-state index is 0.0823. The number of nitrogens with one attached hydrogen (secondary N) is 1. The Labute approximate surface area is 148 Å². The predicted molar refractivity (Wildman–Crippen MR) is 78.6 cm³/mol. The summed E-state index contributed by atoms with van der Waals surface area (Å²) in [7, 11) is -4.20. The van der Waals surface area contributed by atoms with Gasteiger partial charge in [0.1, 0.15) is 11.6 Å². The molecule has 0 saturated heterocycles. The number of ether oxygens (including phenoxy) is 1. The van der Waals surface area contributed by atoms with Crippen LogP contribution < -0.4 is 9.46 Å². The van der Waals surface area contributed by atoms with Crippen LogP contribution in [0.15, 0.2) is 47.4 Å². The molecule has 0 aliphatic rings. The van der Waals surface area contributed by atoms with Gasteiger partial charge in [0, 0.05) is 6.54 Å². The van der Waals surface area contributed by atoms with Gasteiger partial charge < -0.3 is 4.74 Å². The second kappa shape index (κ2) is 7.35. The molecule has 0 radical (unpaired) electrons. The van der Waals surface area contributed by atoms with Gasteiger partial charge in [-0.3, -0.25) is 0 Å². The van der Waals surface area contributed by atoms with Crippen LogP contribution in [0.2, 0.25) is 0 Å². The van der Waals surface area contributed by atoms with Crippen LogP contribution in [0, 0.1) is 5.82 Å². The van der Waals surface area contributed by atoms with Gasteiger partial charge in [0.2, 0.25) is 10.0 Å². The highest BCUT2D eigenvalue weighted by atomic mass is 32.2. The van der Waals surface area contributed by atoms with E-state index >= 15 is 0 Å². The molecule has 2 aromatic carbocycles. The zero-order chi connectivity index (χ0) is 20.5. The van der Waals surface area contributed by atoms with E-state index in [-0.39, 0.29) is 5.56 Å². The van der Waals surface area contributed by atoms with Crippen molar-refractivity contribution in [2.24, 2.45) is 0 Å². The minimum Gasteiger partial charge on any atom is -0.406 e. The lowest BCUT2D eigenvalue weighted by molar-refractivity contribution is -0.274. The molecule has 0 fully saturated rings. The Morgan fingerprint density at radius 2 is 1.52 bits per heavy atom. The Morgan fingerprint density at radius 1 is 0.926 bits per heavy atom. The maximum absolute atomic E-state index is 13.5. The van der Waals surface area contributed by atoms with Gasteiger partial charge in [-0.15, -0.1) is 13.2 Å². The molecule has 0 aliphatic heterocycles. The summed E-state index contributed by atoms with van der Waals surface area (Å²) in [6.07, 6.45) is -9.83. The molecule has 0 aromatic heterocycles. The SMILES string of the molecule is O=S(=O)(NCc1ccc(C(F)(F)F)c(F)c1)c1ccc(OC(F)(F)F)cc1. The molecule has 0 aliphatic carbocycles. The van der Waals surface area contributed by atoms with E-state index < -0.39 is 51.1 Å². The molecule has 148 valence electrons. The molecule has 12 heteroatoms. The summed E-state index contributed by atoms with van der Waals surface area (Å²) in [5.41, 5.74) is -1.57. The number of halogens is 7. The van der Waals surface area contributed by atoms with Gasteiger partial charge in [0.15, 0.2) is 0 Å². The first-order chi connectivity index (χ1) is 12.3. The van der Waals surface area contributed by atoms with Crippen molar-refractivity contribution in [3.63, 3.8) is 0 Å².